The Hall–Kier alpha value is -5.14. The van der Waals surface area contributed by atoms with Gasteiger partial charge in [0.25, 0.3) is 0 Å². The second-order valence-electron chi connectivity index (χ2n) is 15.4. The maximum absolute atomic E-state index is 12.7. The third-order valence-electron chi connectivity index (χ3n) is 10.7. The molecule has 1 atom stereocenters. The average molecular weight is 749 g/mol. The fourth-order valence-corrected chi connectivity index (χ4v) is 6.95. The number of amides is 2. The summed E-state index contributed by atoms with van der Waals surface area (Å²) in [6.45, 7) is 12.6. The van der Waals surface area contributed by atoms with E-state index in [2.05, 4.69) is 56.9 Å². The molecule has 2 aliphatic rings. The van der Waals surface area contributed by atoms with E-state index in [0.29, 0.717) is 17.4 Å². The van der Waals surface area contributed by atoms with Crippen LogP contribution in [0, 0.1) is 11.3 Å². The number of hydrogen-bond acceptors (Lipinski definition) is 9. The lowest BCUT2D eigenvalue weighted by Gasteiger charge is -2.30. The van der Waals surface area contributed by atoms with Crippen molar-refractivity contribution in [3.63, 3.8) is 0 Å². The molecule has 13 heteroatoms. The van der Waals surface area contributed by atoms with Crippen molar-refractivity contribution in [1.82, 2.24) is 40.2 Å². The van der Waals surface area contributed by atoms with Crippen LogP contribution in [0.1, 0.15) is 72.1 Å². The summed E-state index contributed by atoms with van der Waals surface area (Å²) in [4.78, 5) is 38.7. The quantitative estimate of drug-likeness (QED) is 0.0964. The summed E-state index contributed by atoms with van der Waals surface area (Å²) < 4.78 is 5.20. The molecule has 5 aromatic rings. The Kier molecular flexibility index (Phi) is 13.6. The third kappa shape index (κ3) is 11.2. The van der Waals surface area contributed by atoms with Gasteiger partial charge in [-0.1, -0.05) is 45.7 Å². The normalized spacial score (nSPS) is 15.9. The summed E-state index contributed by atoms with van der Waals surface area (Å²) >= 11 is 0. The van der Waals surface area contributed by atoms with Gasteiger partial charge in [-0.3, -0.25) is 29.8 Å². The van der Waals surface area contributed by atoms with Crippen LogP contribution in [-0.2, 0) is 9.59 Å². The molecule has 7 rings (SSSR count). The lowest BCUT2D eigenvalue weighted by Crippen LogP contribution is -2.37. The molecule has 0 saturated carbocycles. The number of hydrogen-bond donors (Lipinski definition) is 4. The van der Waals surface area contributed by atoms with E-state index < -0.39 is 5.41 Å². The zero-order chi connectivity index (χ0) is 38.6. The number of benzene rings is 1. The maximum atomic E-state index is 12.7. The molecule has 0 radical (unpaired) electrons. The van der Waals surface area contributed by atoms with E-state index in [1.54, 1.807) is 25.7 Å². The van der Waals surface area contributed by atoms with Crippen molar-refractivity contribution in [2.45, 2.75) is 72.1 Å². The van der Waals surface area contributed by atoms with Gasteiger partial charge in [-0.15, -0.1) is 0 Å². The van der Waals surface area contributed by atoms with Crippen LogP contribution < -0.4 is 15.4 Å². The Morgan fingerprint density at radius 2 is 1.47 bits per heavy atom. The fourth-order valence-electron chi connectivity index (χ4n) is 6.95. The summed E-state index contributed by atoms with van der Waals surface area (Å²) in [6, 6.07) is 15.6. The number of nitrogens with zero attached hydrogens (tertiary/aromatic N) is 6. The number of ether oxygens (including phenoxy) is 1. The highest BCUT2D eigenvalue weighted by Gasteiger charge is 2.29. The van der Waals surface area contributed by atoms with Crippen LogP contribution in [0.4, 0.5) is 11.6 Å². The molecule has 0 bridgehead atoms. The number of nitrogens with one attached hydrogen (secondary N) is 4. The molecule has 4 aromatic heterocycles. The summed E-state index contributed by atoms with van der Waals surface area (Å²) in [6.07, 6.45) is 14.6. The minimum absolute atomic E-state index is 0.0127. The molecule has 55 heavy (non-hydrogen) atoms. The monoisotopic (exact) mass is 748 g/mol. The van der Waals surface area contributed by atoms with Gasteiger partial charge in [0.2, 0.25) is 11.8 Å². The largest absolute Gasteiger partial charge is 0.495 e. The van der Waals surface area contributed by atoms with E-state index in [-0.39, 0.29) is 17.7 Å². The number of likely N-dealkylation sites (tertiary alicyclic amines) is 2. The van der Waals surface area contributed by atoms with Crippen molar-refractivity contribution in [2.24, 2.45) is 11.3 Å². The van der Waals surface area contributed by atoms with Gasteiger partial charge in [-0.2, -0.15) is 10.2 Å². The van der Waals surface area contributed by atoms with Crippen molar-refractivity contribution < 1.29 is 14.3 Å². The van der Waals surface area contributed by atoms with E-state index >= 15 is 0 Å². The van der Waals surface area contributed by atoms with Gasteiger partial charge in [0.15, 0.2) is 11.6 Å². The van der Waals surface area contributed by atoms with Gasteiger partial charge in [-0.25, -0.2) is 0 Å². The molecule has 4 N–H and O–H groups in total. The molecule has 292 valence electrons. The second kappa shape index (κ2) is 18.9. The molecular weight excluding hydrogens is 693 g/mol. The van der Waals surface area contributed by atoms with Crippen molar-refractivity contribution in [1.29, 1.82) is 0 Å². The molecule has 2 aliphatic heterocycles. The standard InChI is InChI=1S/C22H27N5O.C20H29N5O2/c1-16(9-13-27-11-3-2-4-12-27)22(28)24-21-15-20(25-26-21)18-7-8-19-17(14-18)6-5-10-23-19;1-20(2,7-10-25-8-5-4-6-9-25)19(26)22-18-12-17(23-24-18)15-11-16(27-3)14-21-13-15/h5-8,10,14-16H,2-4,9,11-13H2,1H3,(H2,24,25,26,28);11-14H,4-10H2,1-3H3,(H2,22,23,24,26). The fraction of sp³-hybridized carbons (Fsp3) is 0.476. The molecular formula is C42H56N10O3. The van der Waals surface area contributed by atoms with Crippen LogP contribution in [0.3, 0.4) is 0 Å². The Labute approximate surface area is 324 Å². The van der Waals surface area contributed by atoms with Crippen molar-refractivity contribution in [3.05, 3.63) is 67.1 Å². The summed E-state index contributed by atoms with van der Waals surface area (Å²) in [5.74, 6) is 1.74. The first-order chi connectivity index (χ1) is 26.7. The van der Waals surface area contributed by atoms with E-state index in [4.69, 9.17) is 4.74 Å². The number of pyridine rings is 2. The SMILES string of the molecule is CC(CCN1CCCCC1)C(=O)Nc1cc(-c2ccc3ncccc3c2)[nH]n1.COc1cncc(-c2cc(NC(=O)C(C)(C)CCN3CCCCC3)n[nH]2)c1. The Balaban J connectivity index is 0.000000187. The van der Waals surface area contributed by atoms with Gasteiger partial charge in [0.05, 0.1) is 30.2 Å². The molecule has 13 nitrogen and oxygen atoms in total. The molecule has 2 saturated heterocycles. The van der Waals surface area contributed by atoms with Crippen LogP contribution in [0.25, 0.3) is 33.4 Å². The Bertz CT molecular complexity index is 1990. The summed E-state index contributed by atoms with van der Waals surface area (Å²) in [5.41, 5.74) is 4.04. The lowest BCUT2D eigenvalue weighted by molar-refractivity contribution is -0.124. The van der Waals surface area contributed by atoms with E-state index in [9.17, 15) is 9.59 Å². The van der Waals surface area contributed by atoms with E-state index in [0.717, 1.165) is 72.4 Å². The second-order valence-corrected chi connectivity index (χ2v) is 15.4. The predicted octanol–water partition coefficient (Wildman–Crippen LogP) is 7.40. The minimum atomic E-state index is -0.450. The van der Waals surface area contributed by atoms with Crippen LogP contribution in [0.2, 0.25) is 0 Å². The van der Waals surface area contributed by atoms with Gasteiger partial charge in [0.1, 0.15) is 5.75 Å². The number of methoxy groups -OCH3 is 1. The average Bonchev–Trinajstić information content (AvgIpc) is 3.90. The maximum Gasteiger partial charge on any atom is 0.231 e. The van der Waals surface area contributed by atoms with E-state index in [1.807, 2.05) is 63.2 Å². The van der Waals surface area contributed by atoms with Gasteiger partial charge >= 0.3 is 0 Å². The number of rotatable bonds is 13. The van der Waals surface area contributed by atoms with Gasteiger partial charge in [0, 0.05) is 52.4 Å². The Morgan fingerprint density at radius 3 is 2.16 bits per heavy atom. The highest BCUT2D eigenvalue weighted by molar-refractivity contribution is 5.94. The molecule has 1 aromatic carbocycles. The first-order valence-electron chi connectivity index (χ1n) is 19.7. The minimum Gasteiger partial charge on any atom is -0.495 e. The number of anilines is 2. The molecule has 1 unspecified atom stereocenters. The highest BCUT2D eigenvalue weighted by Crippen LogP contribution is 2.27. The predicted molar refractivity (Wildman–Crippen MR) is 218 cm³/mol. The number of aromatic amines is 2. The van der Waals surface area contributed by atoms with Crippen LogP contribution in [-0.4, -0.2) is 98.4 Å². The number of carbonyl (C=O) groups is 2. The van der Waals surface area contributed by atoms with Crippen LogP contribution in [0.5, 0.6) is 5.75 Å². The number of carbonyl (C=O) groups excluding carboxylic acids is 2. The zero-order valence-electron chi connectivity index (χ0n) is 32.7. The molecule has 6 heterocycles. The number of fused-ring (bicyclic) bond motifs is 1. The van der Waals surface area contributed by atoms with Crippen LogP contribution in [0.15, 0.2) is 67.1 Å². The Morgan fingerprint density at radius 1 is 0.818 bits per heavy atom. The number of H-pyrrole nitrogens is 2. The van der Waals surface area contributed by atoms with E-state index in [1.165, 1.54) is 51.6 Å². The first kappa shape index (κ1) is 39.6. The topological polar surface area (TPSA) is 157 Å². The van der Waals surface area contributed by atoms with Gasteiger partial charge in [-0.05, 0) is 102 Å². The number of piperidine rings is 2. The summed E-state index contributed by atoms with van der Waals surface area (Å²) in [5, 5.41) is 21.4. The van der Waals surface area contributed by atoms with Crippen molar-refractivity contribution in [3.8, 4) is 28.3 Å². The van der Waals surface area contributed by atoms with Crippen molar-refractivity contribution >= 4 is 34.4 Å². The highest BCUT2D eigenvalue weighted by atomic mass is 16.5. The first-order valence-corrected chi connectivity index (χ1v) is 19.7. The molecule has 2 fully saturated rings. The van der Waals surface area contributed by atoms with Crippen molar-refractivity contribution in [2.75, 3.05) is 57.0 Å². The molecule has 0 spiro atoms. The molecule has 2 amide bonds. The number of aromatic nitrogens is 6. The zero-order valence-corrected chi connectivity index (χ0v) is 32.7. The molecule has 0 aliphatic carbocycles. The third-order valence-corrected chi connectivity index (χ3v) is 10.7. The smallest absolute Gasteiger partial charge is 0.231 e. The summed E-state index contributed by atoms with van der Waals surface area (Å²) in [7, 11) is 1.60. The van der Waals surface area contributed by atoms with Gasteiger partial charge < -0.3 is 25.2 Å². The van der Waals surface area contributed by atoms with Crippen LogP contribution >= 0.6 is 0 Å². The lowest BCUT2D eigenvalue weighted by atomic mass is 9.87.